The summed E-state index contributed by atoms with van der Waals surface area (Å²) in [6.07, 6.45) is -14.0. The van der Waals surface area contributed by atoms with E-state index in [2.05, 4.69) is 14.2 Å². The Balaban J connectivity index is 1.38. The van der Waals surface area contributed by atoms with Crippen molar-refractivity contribution in [3.63, 3.8) is 0 Å². The van der Waals surface area contributed by atoms with E-state index in [0.717, 1.165) is 46.0 Å². The minimum Gasteiger partial charge on any atom is -0.477 e. The van der Waals surface area contributed by atoms with Gasteiger partial charge in [-0.05, 0) is 12.1 Å². The average Bonchev–Trinajstić information content (AvgIpc) is 3.35. The zero-order valence-corrected chi connectivity index (χ0v) is 29.6. The molecule has 3 heterocycles. The largest absolute Gasteiger partial charge is 0.483 e. The summed E-state index contributed by atoms with van der Waals surface area (Å²) in [4.78, 5) is 80.2. The summed E-state index contributed by atoms with van der Waals surface area (Å²) in [6, 6.07) is 2.15. The zero-order valence-electron chi connectivity index (χ0n) is 26.2. The number of aliphatic hydroxyl groups is 5. The highest BCUT2D eigenvalue weighted by molar-refractivity contribution is 8.76. The minimum atomic E-state index is -5.82. The Morgan fingerprint density at radius 1 is 1.02 bits per heavy atom. The topological polar surface area (TPSA) is 386 Å². The molecule has 10 N–H and O–H groups in total. The van der Waals surface area contributed by atoms with E-state index < -0.39 is 129 Å². The number of aliphatic hydroxyl groups excluding tert-OH is 5. The molecule has 2 aromatic rings. The number of nitro benzene ring substituents is 1. The summed E-state index contributed by atoms with van der Waals surface area (Å²) in [5.41, 5.74) is -3.12. The van der Waals surface area contributed by atoms with Crippen LogP contribution in [0.4, 0.5) is 5.69 Å². The molecule has 2 aliphatic rings. The van der Waals surface area contributed by atoms with Crippen LogP contribution in [0.5, 0.6) is 0 Å². The molecule has 2 aliphatic heterocycles. The van der Waals surface area contributed by atoms with Crippen molar-refractivity contribution in [3.8, 4) is 0 Å². The maximum atomic E-state index is 12.8. The number of aromatic carboxylic acids is 1. The summed E-state index contributed by atoms with van der Waals surface area (Å²) in [6.45, 7) is -2.11. The normalized spacial score (nSPS) is 29.5. The maximum absolute atomic E-state index is 12.8. The monoisotopic (exact) mass is 836 g/mol. The van der Waals surface area contributed by atoms with Gasteiger partial charge in [-0.15, -0.1) is 0 Å². The standard InChI is InChI=1S/C24H30N4O21P2S2/c29-6-12-17(32)19(34)16(25-15(31)8-52-53-9-1-2-11(28(39)40)10(5-9)22(36)37)23(47-12)48-51(43,44)49-50(41,42)45-7-13-18(33)20(35)21(46-13)27-4-3-14(30)26-24(27)38/h1-5,12-13,16-21,23,29,32-35H,6-8H2,(H,25,31)(H,36,37)(H,41,42)(H,43,44)(H,26,30,38). The molecule has 11 unspecified atom stereocenters. The van der Waals surface area contributed by atoms with E-state index >= 15 is 0 Å². The maximum Gasteiger partial charge on any atom is 0.483 e. The first-order valence-electron chi connectivity index (χ1n) is 14.5. The first kappa shape index (κ1) is 42.7. The number of phosphoric acid groups is 2. The molecule has 11 atom stereocenters. The Morgan fingerprint density at radius 3 is 2.32 bits per heavy atom. The third-order valence-electron chi connectivity index (χ3n) is 7.26. The van der Waals surface area contributed by atoms with Crippen molar-refractivity contribution in [1.29, 1.82) is 0 Å². The summed E-state index contributed by atoms with van der Waals surface area (Å²) >= 11 is 0. The fourth-order valence-electron chi connectivity index (χ4n) is 4.80. The second-order valence-electron chi connectivity index (χ2n) is 10.9. The number of hydrogen-bond donors (Lipinski definition) is 10. The molecule has 0 saturated carbocycles. The van der Waals surface area contributed by atoms with Crippen molar-refractivity contribution in [2.45, 2.75) is 60.1 Å². The van der Waals surface area contributed by atoms with Gasteiger partial charge >= 0.3 is 27.3 Å². The lowest BCUT2D eigenvalue weighted by Gasteiger charge is -2.42. The number of aromatic amines is 1. The molecule has 4 rings (SSSR count). The van der Waals surface area contributed by atoms with Gasteiger partial charge in [0.2, 0.25) is 5.91 Å². The quantitative estimate of drug-likeness (QED) is 0.0358. The van der Waals surface area contributed by atoms with Gasteiger partial charge in [0.15, 0.2) is 12.5 Å². The van der Waals surface area contributed by atoms with Crippen LogP contribution in [0, 0.1) is 10.1 Å². The molecule has 1 aromatic carbocycles. The summed E-state index contributed by atoms with van der Waals surface area (Å²) < 4.78 is 50.2. The summed E-state index contributed by atoms with van der Waals surface area (Å²) in [7, 11) is -9.89. The highest BCUT2D eigenvalue weighted by Crippen LogP contribution is 2.61. The van der Waals surface area contributed by atoms with Crippen molar-refractivity contribution in [3.05, 3.63) is 67.0 Å². The van der Waals surface area contributed by atoms with Crippen LogP contribution in [-0.2, 0) is 36.8 Å². The second-order valence-corrected chi connectivity index (χ2v) is 16.2. The van der Waals surface area contributed by atoms with Crippen LogP contribution in [0.15, 0.2) is 44.9 Å². The lowest BCUT2D eigenvalue weighted by atomic mass is 9.97. The number of benzene rings is 1. The third kappa shape index (κ3) is 10.8. The van der Waals surface area contributed by atoms with E-state index in [1.54, 1.807) is 0 Å². The first-order chi connectivity index (χ1) is 24.7. The molecule has 0 aliphatic carbocycles. The van der Waals surface area contributed by atoms with Crippen LogP contribution in [0.25, 0.3) is 0 Å². The molecule has 1 amide bonds. The molecular formula is C24H30N4O21P2S2. The predicted molar refractivity (Wildman–Crippen MR) is 173 cm³/mol. The zero-order chi connectivity index (χ0) is 39.4. The smallest absolute Gasteiger partial charge is 0.477 e. The number of carboxylic acids is 1. The van der Waals surface area contributed by atoms with Gasteiger partial charge in [0.1, 0.15) is 48.2 Å². The number of carbonyl (C=O) groups excluding carboxylic acids is 1. The van der Waals surface area contributed by atoms with Crippen LogP contribution in [-0.4, -0.2) is 135 Å². The lowest BCUT2D eigenvalue weighted by molar-refractivity contribution is -0.385. The van der Waals surface area contributed by atoms with Crippen LogP contribution in [0.2, 0.25) is 0 Å². The fraction of sp³-hybridized carbons (Fsp3) is 0.500. The number of carbonyl (C=O) groups is 2. The van der Waals surface area contributed by atoms with E-state index in [1.165, 1.54) is 6.07 Å². The molecule has 2 fully saturated rings. The Bertz CT molecular complexity index is 1900. The highest BCUT2D eigenvalue weighted by atomic mass is 33.1. The number of H-pyrrole nitrogens is 1. The Morgan fingerprint density at radius 2 is 1.70 bits per heavy atom. The van der Waals surface area contributed by atoms with E-state index in [9.17, 15) is 78.8 Å². The van der Waals surface area contributed by atoms with Gasteiger partial charge in [-0.25, -0.2) is 18.7 Å². The molecular weight excluding hydrogens is 806 g/mol. The highest BCUT2D eigenvalue weighted by Gasteiger charge is 2.50. The molecule has 0 bridgehead atoms. The van der Waals surface area contributed by atoms with Crippen molar-refractivity contribution < 1.29 is 86.9 Å². The predicted octanol–water partition coefficient (Wildman–Crippen LogP) is -2.62. The molecule has 2 saturated heterocycles. The average molecular weight is 837 g/mol. The molecule has 0 radical (unpaired) electrons. The van der Waals surface area contributed by atoms with E-state index in [-0.39, 0.29) is 4.90 Å². The molecule has 0 spiro atoms. The minimum absolute atomic E-state index is 0.192. The van der Waals surface area contributed by atoms with Crippen LogP contribution < -0.4 is 16.6 Å². The van der Waals surface area contributed by atoms with Crippen molar-refractivity contribution in [1.82, 2.24) is 14.9 Å². The number of nitrogens with one attached hydrogen (secondary N) is 2. The molecule has 294 valence electrons. The van der Waals surface area contributed by atoms with Gasteiger partial charge in [0.25, 0.3) is 11.2 Å². The Hall–Kier alpha value is -3.08. The number of hydrogen-bond acceptors (Lipinski definition) is 20. The van der Waals surface area contributed by atoms with Crippen molar-refractivity contribution in [2.75, 3.05) is 19.0 Å². The van der Waals surface area contributed by atoms with Gasteiger partial charge in [-0.3, -0.25) is 38.3 Å². The van der Waals surface area contributed by atoms with E-state index in [1.807, 2.05) is 4.98 Å². The van der Waals surface area contributed by atoms with Gasteiger partial charge < -0.3 is 55.2 Å². The number of carboxylic acid groups (broad SMARTS) is 1. The van der Waals surface area contributed by atoms with Crippen LogP contribution in [0.1, 0.15) is 16.6 Å². The Labute approximate surface area is 302 Å². The lowest BCUT2D eigenvalue weighted by Crippen LogP contribution is -2.64. The number of rotatable bonds is 16. The number of aromatic nitrogens is 2. The summed E-state index contributed by atoms with van der Waals surface area (Å²) in [5.74, 6) is -3.02. The second kappa shape index (κ2) is 17.6. The fourth-order valence-corrected chi connectivity index (χ4v) is 8.85. The van der Waals surface area contributed by atoms with Crippen LogP contribution in [0.3, 0.4) is 0 Å². The number of nitro groups is 1. The number of amides is 1. The SMILES string of the molecule is O=C(CSSc1ccc([N+](=O)[O-])c(C(=O)O)c1)NC1C(OP(=O)(O)OP(=O)(O)OCC2OC(n3ccc(=O)[nH]c3=O)C(O)C2O)OC(CO)C(O)C1O. The van der Waals surface area contributed by atoms with Gasteiger partial charge in [-0.1, -0.05) is 21.6 Å². The third-order valence-corrected chi connectivity index (χ3v) is 12.1. The van der Waals surface area contributed by atoms with Crippen LogP contribution >= 0.6 is 37.2 Å². The number of nitrogens with zero attached hydrogens (tertiary/aromatic N) is 2. The Kier molecular flexibility index (Phi) is 14.2. The number of phosphoric ester groups is 2. The molecule has 29 heteroatoms. The first-order valence-corrected chi connectivity index (χ1v) is 19.8. The van der Waals surface area contributed by atoms with Gasteiger partial charge in [0, 0.05) is 23.2 Å². The van der Waals surface area contributed by atoms with Gasteiger partial charge in [-0.2, -0.15) is 4.31 Å². The van der Waals surface area contributed by atoms with Gasteiger partial charge in [0.05, 0.1) is 23.9 Å². The molecule has 1 aromatic heterocycles. The van der Waals surface area contributed by atoms with E-state index in [0.29, 0.717) is 4.57 Å². The summed E-state index contributed by atoms with van der Waals surface area (Å²) in [5, 5.41) is 73.6. The number of ether oxygens (including phenoxy) is 2. The molecule has 25 nitrogen and oxygen atoms in total. The molecule has 53 heavy (non-hydrogen) atoms. The van der Waals surface area contributed by atoms with E-state index in [4.69, 9.17) is 14.0 Å². The van der Waals surface area contributed by atoms with Crippen molar-refractivity contribution >= 4 is 54.8 Å². The van der Waals surface area contributed by atoms with Crippen molar-refractivity contribution in [2.24, 2.45) is 0 Å².